The number of nitrogens with one attached hydrogen (secondary N) is 1. The van der Waals surface area contributed by atoms with Gasteiger partial charge < -0.3 is 10.1 Å². The highest BCUT2D eigenvalue weighted by Gasteiger charge is 2.58. The highest BCUT2D eigenvalue weighted by molar-refractivity contribution is 7.86. The molecule has 6 nitrogen and oxygen atoms in total. The summed E-state index contributed by atoms with van der Waals surface area (Å²) in [5.41, 5.74) is 0.280. The van der Waals surface area contributed by atoms with Crippen LogP contribution in [-0.4, -0.2) is 32.3 Å². The molecule has 4 aliphatic carbocycles. The van der Waals surface area contributed by atoms with Crippen LogP contribution in [0.25, 0.3) is 0 Å². The molecule has 31 heavy (non-hydrogen) atoms. The minimum Gasteiger partial charge on any atom is -0.444 e. The van der Waals surface area contributed by atoms with Crippen molar-refractivity contribution in [2.45, 2.75) is 88.7 Å². The maximum absolute atomic E-state index is 12.6. The molecule has 0 heterocycles. The summed E-state index contributed by atoms with van der Waals surface area (Å²) >= 11 is 0. The van der Waals surface area contributed by atoms with Gasteiger partial charge in [0.15, 0.2) is 0 Å². The van der Waals surface area contributed by atoms with Crippen LogP contribution in [0.15, 0.2) is 29.2 Å². The minimum absolute atomic E-state index is 0.0297. The van der Waals surface area contributed by atoms with Gasteiger partial charge in [0, 0.05) is 5.54 Å². The predicted molar refractivity (Wildman–Crippen MR) is 118 cm³/mol. The van der Waals surface area contributed by atoms with E-state index in [2.05, 4.69) is 5.32 Å². The monoisotopic (exact) mass is 449 g/mol. The van der Waals surface area contributed by atoms with Gasteiger partial charge in [-0.25, -0.2) is 4.79 Å². The zero-order chi connectivity index (χ0) is 22.5. The van der Waals surface area contributed by atoms with E-state index in [1.807, 2.05) is 27.7 Å². The first-order chi connectivity index (χ1) is 14.4. The van der Waals surface area contributed by atoms with E-state index in [0.29, 0.717) is 18.3 Å². The van der Waals surface area contributed by atoms with Gasteiger partial charge >= 0.3 is 6.09 Å². The zero-order valence-corrected chi connectivity index (χ0v) is 19.9. The average molecular weight is 450 g/mol. The minimum atomic E-state index is -3.75. The standard InChI is InChI=1S/C24H35NO5S/c1-17-5-7-20(8-6-17)31(27,28)29-10-9-23-12-18-11-19(13-23)15-24(14-18,16-23)25-21(26)30-22(2,3)4/h5-8,18-19H,9-16H2,1-4H3,(H,25,26). The molecule has 0 spiro atoms. The van der Waals surface area contributed by atoms with E-state index in [-0.39, 0.29) is 28.5 Å². The summed E-state index contributed by atoms with van der Waals surface area (Å²) in [5, 5.41) is 3.22. The van der Waals surface area contributed by atoms with E-state index in [1.165, 1.54) is 6.42 Å². The molecule has 172 valence electrons. The SMILES string of the molecule is Cc1ccc(S(=O)(=O)OCCC23CC4CC(C2)CC(NC(=O)OC(C)(C)C)(C4)C3)cc1. The number of alkyl carbamates (subject to hydrolysis) is 1. The number of amides is 1. The summed E-state index contributed by atoms with van der Waals surface area (Å²) in [6, 6.07) is 6.74. The summed E-state index contributed by atoms with van der Waals surface area (Å²) in [4.78, 5) is 12.7. The Morgan fingerprint density at radius 1 is 1.10 bits per heavy atom. The molecule has 0 aromatic heterocycles. The lowest BCUT2D eigenvalue weighted by molar-refractivity contribution is -0.0891. The molecule has 2 unspecified atom stereocenters. The number of carbonyl (C=O) groups is 1. The summed E-state index contributed by atoms with van der Waals surface area (Å²) < 4.78 is 36.1. The molecule has 7 heteroatoms. The van der Waals surface area contributed by atoms with Gasteiger partial charge in [-0.2, -0.15) is 8.42 Å². The summed E-state index contributed by atoms with van der Waals surface area (Å²) in [6.07, 6.45) is 6.61. The normalized spacial score (nSPS) is 32.1. The van der Waals surface area contributed by atoms with Crippen molar-refractivity contribution < 1.29 is 22.1 Å². The van der Waals surface area contributed by atoms with E-state index >= 15 is 0 Å². The molecule has 1 aromatic rings. The Morgan fingerprint density at radius 3 is 2.29 bits per heavy atom. The van der Waals surface area contributed by atoms with Gasteiger partial charge in [0.2, 0.25) is 0 Å². The fourth-order valence-corrected chi connectivity index (χ4v) is 7.46. The van der Waals surface area contributed by atoms with Gasteiger partial charge in [0.25, 0.3) is 10.1 Å². The number of hydrogen-bond donors (Lipinski definition) is 1. The molecule has 4 aliphatic rings. The Morgan fingerprint density at radius 2 is 1.71 bits per heavy atom. The van der Waals surface area contributed by atoms with Crippen molar-refractivity contribution in [3.05, 3.63) is 29.8 Å². The lowest BCUT2D eigenvalue weighted by atomic mass is 9.46. The van der Waals surface area contributed by atoms with E-state index in [9.17, 15) is 13.2 Å². The van der Waals surface area contributed by atoms with Crippen molar-refractivity contribution in [1.82, 2.24) is 5.32 Å². The Kier molecular flexibility index (Phi) is 5.66. The molecule has 5 rings (SSSR count). The van der Waals surface area contributed by atoms with Gasteiger partial charge in [-0.3, -0.25) is 4.18 Å². The zero-order valence-electron chi connectivity index (χ0n) is 19.1. The second kappa shape index (κ2) is 7.77. The molecule has 1 N–H and O–H groups in total. The highest BCUT2D eigenvalue weighted by Crippen LogP contribution is 2.62. The average Bonchev–Trinajstić information content (AvgIpc) is 2.58. The fraction of sp³-hybridized carbons (Fsp3) is 0.708. The molecule has 0 radical (unpaired) electrons. The van der Waals surface area contributed by atoms with Crippen LogP contribution in [0.1, 0.15) is 71.3 Å². The topological polar surface area (TPSA) is 81.7 Å². The van der Waals surface area contributed by atoms with Crippen LogP contribution in [0, 0.1) is 24.2 Å². The van der Waals surface area contributed by atoms with Gasteiger partial charge in [0.1, 0.15) is 5.60 Å². The van der Waals surface area contributed by atoms with Crippen LogP contribution in [0.5, 0.6) is 0 Å². The molecular weight excluding hydrogens is 414 g/mol. The smallest absolute Gasteiger partial charge is 0.408 e. The number of benzene rings is 1. The van der Waals surface area contributed by atoms with E-state index in [1.54, 1.807) is 24.3 Å². The fourth-order valence-electron chi connectivity index (χ4n) is 6.55. The van der Waals surface area contributed by atoms with Gasteiger partial charge in [-0.1, -0.05) is 17.7 Å². The van der Waals surface area contributed by atoms with Gasteiger partial charge in [0.05, 0.1) is 11.5 Å². The Balaban J connectivity index is 1.42. The Labute approximate surface area is 186 Å². The van der Waals surface area contributed by atoms with Gasteiger partial charge in [-0.05, 0) is 102 Å². The molecule has 4 bridgehead atoms. The van der Waals surface area contributed by atoms with Crippen LogP contribution in [-0.2, 0) is 19.0 Å². The third-order valence-electron chi connectivity index (χ3n) is 7.13. The second-order valence-electron chi connectivity index (χ2n) is 11.2. The molecule has 2 atom stereocenters. The lowest BCUT2D eigenvalue weighted by Gasteiger charge is -2.62. The largest absolute Gasteiger partial charge is 0.444 e. The van der Waals surface area contributed by atoms with E-state index in [0.717, 1.165) is 37.7 Å². The van der Waals surface area contributed by atoms with E-state index < -0.39 is 15.7 Å². The van der Waals surface area contributed by atoms with Crippen LogP contribution in [0.4, 0.5) is 4.79 Å². The molecule has 4 saturated carbocycles. The number of aryl methyl sites for hydroxylation is 1. The first-order valence-electron chi connectivity index (χ1n) is 11.4. The molecular formula is C24H35NO5S. The Bertz CT molecular complexity index is 918. The van der Waals surface area contributed by atoms with Crippen molar-refractivity contribution in [2.24, 2.45) is 17.3 Å². The third kappa shape index (κ3) is 5.08. The molecule has 1 amide bonds. The van der Waals surface area contributed by atoms with Crippen molar-refractivity contribution >= 4 is 16.2 Å². The summed E-state index contributed by atoms with van der Waals surface area (Å²) in [6.45, 7) is 7.72. The van der Waals surface area contributed by atoms with Crippen LogP contribution < -0.4 is 5.32 Å². The van der Waals surface area contributed by atoms with Crippen LogP contribution >= 0.6 is 0 Å². The molecule has 4 fully saturated rings. The van der Waals surface area contributed by atoms with Crippen molar-refractivity contribution in [3.8, 4) is 0 Å². The molecule has 0 saturated heterocycles. The molecule has 0 aliphatic heterocycles. The van der Waals surface area contributed by atoms with E-state index in [4.69, 9.17) is 8.92 Å². The Hall–Kier alpha value is -1.60. The summed E-state index contributed by atoms with van der Waals surface area (Å²) in [7, 11) is -3.75. The number of carbonyl (C=O) groups excluding carboxylic acids is 1. The van der Waals surface area contributed by atoms with Crippen molar-refractivity contribution in [2.75, 3.05) is 6.61 Å². The van der Waals surface area contributed by atoms with Crippen LogP contribution in [0.2, 0.25) is 0 Å². The number of ether oxygens (including phenoxy) is 1. The number of rotatable bonds is 6. The maximum Gasteiger partial charge on any atom is 0.408 e. The van der Waals surface area contributed by atoms with Crippen molar-refractivity contribution in [3.63, 3.8) is 0 Å². The quantitative estimate of drug-likeness (QED) is 0.621. The first kappa shape index (κ1) is 22.6. The molecule has 1 aromatic carbocycles. The second-order valence-corrected chi connectivity index (χ2v) is 12.8. The van der Waals surface area contributed by atoms with Crippen LogP contribution in [0.3, 0.4) is 0 Å². The first-order valence-corrected chi connectivity index (χ1v) is 12.8. The van der Waals surface area contributed by atoms with Gasteiger partial charge in [-0.15, -0.1) is 0 Å². The van der Waals surface area contributed by atoms with Crippen molar-refractivity contribution in [1.29, 1.82) is 0 Å². The predicted octanol–water partition coefficient (Wildman–Crippen LogP) is 4.95. The third-order valence-corrected chi connectivity index (χ3v) is 8.46. The maximum atomic E-state index is 12.6. The number of hydrogen-bond acceptors (Lipinski definition) is 5. The highest BCUT2D eigenvalue weighted by atomic mass is 32.2. The lowest BCUT2D eigenvalue weighted by Crippen LogP contribution is -2.63. The summed E-state index contributed by atoms with van der Waals surface area (Å²) in [5.74, 6) is 1.15.